The molecule has 1 rings (SSSR count). The Kier molecular flexibility index (Phi) is 2.86. The first kappa shape index (κ1) is 10.7. The van der Waals surface area contributed by atoms with Crippen molar-refractivity contribution >= 4 is 5.97 Å². The van der Waals surface area contributed by atoms with Crippen LogP contribution in [-0.4, -0.2) is 16.2 Å². The highest BCUT2D eigenvalue weighted by molar-refractivity contribution is 5.74. The molecule has 2 N–H and O–H groups in total. The zero-order valence-corrected chi connectivity index (χ0v) is 7.91. The zero-order valence-electron chi connectivity index (χ0n) is 7.91. The van der Waals surface area contributed by atoms with E-state index in [0.717, 1.165) is 5.56 Å². The molecule has 0 amide bonds. The molecule has 0 spiro atoms. The largest absolute Gasteiger partial charge is 0.479 e. The predicted molar refractivity (Wildman–Crippen MR) is 48.5 cm³/mol. The van der Waals surface area contributed by atoms with E-state index >= 15 is 0 Å². The predicted octanol–water partition coefficient (Wildman–Crippen LogP) is 1.56. The van der Waals surface area contributed by atoms with Crippen LogP contribution in [0, 0.1) is 19.7 Å². The second-order valence-electron chi connectivity index (χ2n) is 3.15. The third kappa shape index (κ3) is 1.75. The maximum Gasteiger partial charge on any atom is 0.337 e. The molecule has 0 saturated heterocycles. The molecule has 1 atom stereocenters. The highest BCUT2D eigenvalue weighted by Gasteiger charge is 2.21. The summed E-state index contributed by atoms with van der Waals surface area (Å²) in [6, 6.07) is 2.87. The minimum absolute atomic E-state index is 0.194. The van der Waals surface area contributed by atoms with Crippen molar-refractivity contribution in [3.05, 3.63) is 34.6 Å². The number of rotatable bonds is 2. The second kappa shape index (κ2) is 3.75. The topological polar surface area (TPSA) is 57.5 Å². The van der Waals surface area contributed by atoms with Crippen LogP contribution in [0.4, 0.5) is 4.39 Å². The Balaban J connectivity index is 3.24. The Hall–Kier alpha value is -1.42. The number of carbonyl (C=O) groups is 1. The van der Waals surface area contributed by atoms with Gasteiger partial charge in [0, 0.05) is 5.56 Å². The van der Waals surface area contributed by atoms with Crippen LogP contribution in [0.3, 0.4) is 0 Å². The Labute approximate surface area is 80.8 Å². The third-order valence-corrected chi connectivity index (χ3v) is 2.22. The van der Waals surface area contributed by atoms with E-state index < -0.39 is 17.9 Å². The van der Waals surface area contributed by atoms with Crippen molar-refractivity contribution in [2.24, 2.45) is 0 Å². The number of hydrogen-bond acceptors (Lipinski definition) is 2. The average Bonchev–Trinajstić information content (AvgIpc) is 2.13. The summed E-state index contributed by atoms with van der Waals surface area (Å²) in [5, 5.41) is 17.7. The molecule has 0 heterocycles. The maximum atomic E-state index is 13.4. The lowest BCUT2D eigenvalue weighted by atomic mass is 10.0. The van der Waals surface area contributed by atoms with Crippen LogP contribution in [0.25, 0.3) is 0 Å². The van der Waals surface area contributed by atoms with Crippen molar-refractivity contribution in [1.29, 1.82) is 0 Å². The molecule has 14 heavy (non-hydrogen) atoms. The lowest BCUT2D eigenvalue weighted by Gasteiger charge is -2.10. The van der Waals surface area contributed by atoms with Gasteiger partial charge in [0.25, 0.3) is 0 Å². The van der Waals surface area contributed by atoms with Gasteiger partial charge in [0.15, 0.2) is 6.10 Å². The molecule has 1 unspecified atom stereocenters. The normalized spacial score (nSPS) is 12.6. The average molecular weight is 198 g/mol. The van der Waals surface area contributed by atoms with Gasteiger partial charge in [-0.15, -0.1) is 0 Å². The van der Waals surface area contributed by atoms with Gasteiger partial charge in [-0.3, -0.25) is 0 Å². The molecule has 1 aromatic carbocycles. The van der Waals surface area contributed by atoms with Crippen molar-refractivity contribution in [3.63, 3.8) is 0 Å². The fourth-order valence-electron chi connectivity index (χ4n) is 1.15. The molecule has 0 aliphatic carbocycles. The van der Waals surface area contributed by atoms with Crippen molar-refractivity contribution in [2.45, 2.75) is 20.0 Å². The van der Waals surface area contributed by atoms with E-state index in [1.165, 1.54) is 6.07 Å². The summed E-state index contributed by atoms with van der Waals surface area (Å²) in [5.74, 6) is -2.10. The van der Waals surface area contributed by atoms with Gasteiger partial charge in [-0.25, -0.2) is 9.18 Å². The summed E-state index contributed by atoms with van der Waals surface area (Å²) >= 11 is 0. The number of aliphatic hydroxyl groups excluding tert-OH is 1. The summed E-state index contributed by atoms with van der Waals surface area (Å²) in [7, 11) is 0. The van der Waals surface area contributed by atoms with Crippen LogP contribution in [0.15, 0.2) is 12.1 Å². The quantitative estimate of drug-likeness (QED) is 0.758. The highest BCUT2D eigenvalue weighted by Crippen LogP contribution is 2.22. The van der Waals surface area contributed by atoms with Gasteiger partial charge >= 0.3 is 5.97 Å². The standard InChI is InChI=1S/C10H11FO3/c1-5-3-4-7(8(11)6(5)2)9(12)10(13)14/h3-4,9,12H,1-2H3,(H,13,14). The fourth-order valence-corrected chi connectivity index (χ4v) is 1.15. The van der Waals surface area contributed by atoms with E-state index in [9.17, 15) is 9.18 Å². The van der Waals surface area contributed by atoms with Gasteiger partial charge in [0.05, 0.1) is 0 Å². The van der Waals surface area contributed by atoms with Gasteiger partial charge in [0.1, 0.15) is 5.82 Å². The molecule has 76 valence electrons. The Bertz CT molecular complexity index is 374. The first-order valence-corrected chi connectivity index (χ1v) is 4.11. The number of benzene rings is 1. The van der Waals surface area contributed by atoms with Gasteiger partial charge in [-0.2, -0.15) is 0 Å². The molecule has 3 nitrogen and oxygen atoms in total. The van der Waals surface area contributed by atoms with E-state index in [-0.39, 0.29) is 5.56 Å². The molecule has 0 bridgehead atoms. The van der Waals surface area contributed by atoms with Crippen LogP contribution in [0.5, 0.6) is 0 Å². The summed E-state index contributed by atoms with van der Waals surface area (Å²) in [6.07, 6.45) is -1.80. The van der Waals surface area contributed by atoms with E-state index in [1.54, 1.807) is 19.9 Å². The summed E-state index contributed by atoms with van der Waals surface area (Å²) in [4.78, 5) is 10.4. The number of hydrogen-bond donors (Lipinski definition) is 2. The summed E-state index contributed by atoms with van der Waals surface area (Å²) in [5.41, 5.74) is 0.896. The molecule has 0 aromatic heterocycles. The summed E-state index contributed by atoms with van der Waals surface area (Å²) in [6.45, 7) is 3.26. The first-order valence-electron chi connectivity index (χ1n) is 4.11. The number of halogens is 1. The van der Waals surface area contributed by atoms with Gasteiger partial charge < -0.3 is 10.2 Å². The molecule has 0 aliphatic rings. The number of aryl methyl sites for hydroxylation is 1. The van der Waals surface area contributed by atoms with E-state index in [2.05, 4.69) is 0 Å². The van der Waals surface area contributed by atoms with E-state index in [1.807, 2.05) is 0 Å². The van der Waals surface area contributed by atoms with E-state index in [0.29, 0.717) is 5.56 Å². The van der Waals surface area contributed by atoms with Crippen molar-refractivity contribution in [1.82, 2.24) is 0 Å². The van der Waals surface area contributed by atoms with E-state index in [4.69, 9.17) is 10.2 Å². The van der Waals surface area contributed by atoms with Gasteiger partial charge in [-0.1, -0.05) is 12.1 Å². The number of carboxylic acids is 1. The minimum Gasteiger partial charge on any atom is -0.479 e. The number of aliphatic hydroxyl groups is 1. The number of carboxylic acid groups (broad SMARTS) is 1. The molecule has 0 radical (unpaired) electrons. The lowest BCUT2D eigenvalue weighted by Crippen LogP contribution is -2.13. The molecule has 0 fully saturated rings. The molecule has 0 saturated carbocycles. The first-order chi connectivity index (χ1) is 6.45. The van der Waals surface area contributed by atoms with Gasteiger partial charge in [0.2, 0.25) is 0 Å². The van der Waals surface area contributed by atoms with Crippen LogP contribution in [0.2, 0.25) is 0 Å². The fraction of sp³-hybridized carbons (Fsp3) is 0.300. The molecule has 1 aromatic rings. The van der Waals surface area contributed by atoms with Crippen LogP contribution >= 0.6 is 0 Å². The highest BCUT2D eigenvalue weighted by atomic mass is 19.1. The van der Waals surface area contributed by atoms with Crippen molar-refractivity contribution in [2.75, 3.05) is 0 Å². The molecule has 4 heteroatoms. The van der Waals surface area contributed by atoms with Gasteiger partial charge in [-0.05, 0) is 25.0 Å². The third-order valence-electron chi connectivity index (χ3n) is 2.22. The van der Waals surface area contributed by atoms with Crippen LogP contribution in [0.1, 0.15) is 22.8 Å². The zero-order chi connectivity index (χ0) is 10.9. The Morgan fingerprint density at radius 2 is 2.00 bits per heavy atom. The Morgan fingerprint density at radius 1 is 1.43 bits per heavy atom. The second-order valence-corrected chi connectivity index (χ2v) is 3.15. The maximum absolute atomic E-state index is 13.4. The smallest absolute Gasteiger partial charge is 0.337 e. The SMILES string of the molecule is Cc1ccc(C(O)C(=O)O)c(F)c1C. The molecular formula is C10H11FO3. The molecule has 0 aliphatic heterocycles. The number of aliphatic carboxylic acids is 1. The Morgan fingerprint density at radius 3 is 2.50 bits per heavy atom. The lowest BCUT2D eigenvalue weighted by molar-refractivity contribution is -0.147. The monoisotopic (exact) mass is 198 g/mol. The minimum atomic E-state index is -1.80. The van der Waals surface area contributed by atoms with Crippen molar-refractivity contribution < 1.29 is 19.4 Å². The summed E-state index contributed by atoms with van der Waals surface area (Å²) < 4.78 is 13.4. The van der Waals surface area contributed by atoms with Crippen LogP contribution in [-0.2, 0) is 4.79 Å². The van der Waals surface area contributed by atoms with Crippen molar-refractivity contribution in [3.8, 4) is 0 Å². The molecular weight excluding hydrogens is 187 g/mol. The van der Waals surface area contributed by atoms with Crippen LogP contribution < -0.4 is 0 Å².